The van der Waals surface area contributed by atoms with Gasteiger partial charge in [-0.15, -0.1) is 0 Å². The molecule has 2 nitrogen and oxygen atoms in total. The van der Waals surface area contributed by atoms with Crippen LogP contribution in [0.4, 0.5) is 5.69 Å². The first kappa shape index (κ1) is 13.4. The van der Waals surface area contributed by atoms with Crippen molar-refractivity contribution in [3.63, 3.8) is 0 Å². The summed E-state index contributed by atoms with van der Waals surface area (Å²) in [5.74, 6) is 0.671. The molecular weight excluding hydrogens is 268 g/mol. The van der Waals surface area contributed by atoms with Gasteiger partial charge in [0.05, 0.1) is 5.69 Å². The Kier molecular flexibility index (Phi) is 3.66. The van der Waals surface area contributed by atoms with Gasteiger partial charge in [-0.2, -0.15) is 0 Å². The van der Waals surface area contributed by atoms with Crippen molar-refractivity contribution >= 4 is 17.3 Å². The third-order valence-electron chi connectivity index (χ3n) is 4.02. The summed E-state index contributed by atoms with van der Waals surface area (Å²) in [6.07, 6.45) is 4.12. The average molecular weight is 287 g/mol. The first-order valence-corrected chi connectivity index (χ1v) is 7.45. The van der Waals surface area contributed by atoms with Crippen LogP contribution in [0.2, 0.25) is 5.15 Å². The molecule has 1 aromatic heterocycles. The van der Waals surface area contributed by atoms with Crippen LogP contribution in [0.1, 0.15) is 35.4 Å². The maximum atomic E-state index is 6.12. The van der Waals surface area contributed by atoms with Gasteiger partial charge < -0.3 is 5.32 Å². The van der Waals surface area contributed by atoms with E-state index in [1.165, 1.54) is 11.1 Å². The number of aromatic nitrogens is 1. The molecule has 1 aromatic carbocycles. The highest BCUT2D eigenvalue weighted by Crippen LogP contribution is 2.39. The number of aryl methyl sites for hydroxylation is 2. The van der Waals surface area contributed by atoms with Crippen LogP contribution in [-0.2, 0) is 0 Å². The molecule has 0 unspecified atom stereocenters. The zero-order chi connectivity index (χ0) is 14.1. The number of nitrogens with zero attached hydrogens (tertiary/aromatic N) is 1. The Balaban J connectivity index is 1.60. The Hall–Kier alpha value is -1.54. The molecule has 0 radical (unpaired) electrons. The van der Waals surface area contributed by atoms with Crippen LogP contribution in [0.3, 0.4) is 0 Å². The first-order valence-electron chi connectivity index (χ1n) is 7.07. The van der Waals surface area contributed by atoms with Gasteiger partial charge >= 0.3 is 0 Å². The number of anilines is 1. The lowest BCUT2D eigenvalue weighted by Crippen LogP contribution is -2.34. The Morgan fingerprint density at radius 2 is 1.80 bits per heavy atom. The van der Waals surface area contributed by atoms with E-state index in [2.05, 4.69) is 47.6 Å². The Morgan fingerprint density at radius 1 is 1.10 bits per heavy atom. The van der Waals surface area contributed by atoms with Crippen molar-refractivity contribution < 1.29 is 0 Å². The minimum atomic E-state index is 0.502. The molecule has 1 heterocycles. The average Bonchev–Trinajstić information content (AvgIpc) is 2.39. The van der Waals surface area contributed by atoms with Crippen LogP contribution in [0.5, 0.6) is 0 Å². The van der Waals surface area contributed by atoms with Crippen molar-refractivity contribution in [2.45, 2.75) is 38.6 Å². The Bertz CT molecular complexity index is 601. The van der Waals surface area contributed by atoms with Crippen molar-refractivity contribution in [2.24, 2.45) is 0 Å². The Morgan fingerprint density at radius 3 is 2.50 bits per heavy atom. The fourth-order valence-electron chi connectivity index (χ4n) is 2.72. The number of halogens is 1. The monoisotopic (exact) mass is 286 g/mol. The molecule has 1 aliphatic carbocycles. The number of hydrogen-bond acceptors (Lipinski definition) is 2. The van der Waals surface area contributed by atoms with Crippen molar-refractivity contribution in [1.82, 2.24) is 4.98 Å². The maximum absolute atomic E-state index is 6.12. The highest BCUT2D eigenvalue weighted by atomic mass is 35.5. The summed E-state index contributed by atoms with van der Waals surface area (Å²) in [4.78, 5) is 4.18. The minimum Gasteiger partial charge on any atom is -0.380 e. The highest BCUT2D eigenvalue weighted by molar-refractivity contribution is 6.32. The predicted octanol–water partition coefficient (Wildman–Crippen LogP) is 4.71. The van der Waals surface area contributed by atoms with Gasteiger partial charge in [-0.3, -0.25) is 0 Å². The van der Waals surface area contributed by atoms with E-state index in [1.54, 1.807) is 6.20 Å². The summed E-state index contributed by atoms with van der Waals surface area (Å²) in [6.45, 7) is 4.16. The minimum absolute atomic E-state index is 0.502. The standard InChI is InChI=1S/C17H19ClN2/c1-11-3-5-13(6-4-11)14-8-15(9-14)20-16-7-12(2)10-19-17(16)18/h3-7,10,14-15,20H,8-9H2,1-2H3. The number of rotatable bonds is 3. The van der Waals surface area contributed by atoms with Crippen LogP contribution < -0.4 is 5.32 Å². The summed E-state index contributed by atoms with van der Waals surface area (Å²) >= 11 is 6.12. The molecule has 0 spiro atoms. The number of benzene rings is 1. The first-order chi connectivity index (χ1) is 9.61. The second-order valence-electron chi connectivity index (χ2n) is 5.77. The molecule has 2 aromatic rings. The largest absolute Gasteiger partial charge is 0.380 e. The lowest BCUT2D eigenvalue weighted by Gasteiger charge is -2.37. The van der Waals surface area contributed by atoms with Gasteiger partial charge in [-0.25, -0.2) is 4.98 Å². The van der Waals surface area contributed by atoms with Crippen molar-refractivity contribution in [3.05, 3.63) is 58.4 Å². The van der Waals surface area contributed by atoms with Crippen LogP contribution in [0.25, 0.3) is 0 Å². The third-order valence-corrected chi connectivity index (χ3v) is 4.32. The van der Waals surface area contributed by atoms with Gasteiger partial charge in [0.15, 0.2) is 5.15 Å². The van der Waals surface area contributed by atoms with E-state index < -0.39 is 0 Å². The van der Waals surface area contributed by atoms with Crippen LogP contribution in [0, 0.1) is 13.8 Å². The molecule has 20 heavy (non-hydrogen) atoms. The van der Waals surface area contributed by atoms with Crippen LogP contribution >= 0.6 is 11.6 Å². The summed E-state index contributed by atoms with van der Waals surface area (Å²) < 4.78 is 0. The molecule has 0 saturated heterocycles. The lowest BCUT2D eigenvalue weighted by atomic mass is 9.75. The van der Waals surface area contributed by atoms with E-state index >= 15 is 0 Å². The maximum Gasteiger partial charge on any atom is 0.152 e. The lowest BCUT2D eigenvalue weighted by molar-refractivity contribution is 0.374. The zero-order valence-electron chi connectivity index (χ0n) is 11.9. The molecule has 1 N–H and O–H groups in total. The second-order valence-corrected chi connectivity index (χ2v) is 6.13. The van der Waals surface area contributed by atoms with Gasteiger partial charge in [0.1, 0.15) is 0 Å². The Labute approximate surface area is 125 Å². The van der Waals surface area contributed by atoms with Gasteiger partial charge in [-0.05, 0) is 49.8 Å². The molecule has 104 valence electrons. The smallest absolute Gasteiger partial charge is 0.152 e. The van der Waals surface area contributed by atoms with Gasteiger partial charge in [-0.1, -0.05) is 41.4 Å². The van der Waals surface area contributed by atoms with Crippen LogP contribution in [0.15, 0.2) is 36.5 Å². The molecule has 1 saturated carbocycles. The van der Waals surface area contributed by atoms with Crippen LogP contribution in [-0.4, -0.2) is 11.0 Å². The van der Waals surface area contributed by atoms with Gasteiger partial charge in [0.2, 0.25) is 0 Å². The quantitative estimate of drug-likeness (QED) is 0.827. The SMILES string of the molecule is Cc1ccc(C2CC(Nc3cc(C)cnc3Cl)C2)cc1. The van der Waals surface area contributed by atoms with Gasteiger partial charge in [0.25, 0.3) is 0 Å². The molecule has 0 amide bonds. The fourth-order valence-corrected chi connectivity index (χ4v) is 2.88. The zero-order valence-corrected chi connectivity index (χ0v) is 12.6. The molecule has 1 aliphatic rings. The number of nitrogens with one attached hydrogen (secondary N) is 1. The molecule has 0 atom stereocenters. The third kappa shape index (κ3) is 2.80. The van der Waals surface area contributed by atoms with E-state index in [1.807, 2.05) is 6.92 Å². The van der Waals surface area contributed by atoms with E-state index in [-0.39, 0.29) is 0 Å². The molecule has 0 aliphatic heterocycles. The highest BCUT2D eigenvalue weighted by Gasteiger charge is 2.30. The summed E-state index contributed by atoms with van der Waals surface area (Å²) in [7, 11) is 0. The fraction of sp³-hybridized carbons (Fsp3) is 0.353. The summed E-state index contributed by atoms with van der Waals surface area (Å²) in [5.41, 5.74) is 4.85. The summed E-state index contributed by atoms with van der Waals surface area (Å²) in [5, 5.41) is 4.07. The van der Waals surface area contributed by atoms with E-state index in [0.717, 1.165) is 24.1 Å². The molecule has 0 bridgehead atoms. The van der Waals surface area contributed by atoms with Crippen molar-refractivity contribution in [3.8, 4) is 0 Å². The predicted molar refractivity (Wildman–Crippen MR) is 84.5 cm³/mol. The normalized spacial score (nSPS) is 21.4. The molecule has 3 rings (SSSR count). The van der Waals surface area contributed by atoms with Crippen molar-refractivity contribution in [1.29, 1.82) is 0 Å². The molecule has 1 fully saturated rings. The number of hydrogen-bond donors (Lipinski definition) is 1. The van der Waals surface area contributed by atoms with E-state index in [9.17, 15) is 0 Å². The van der Waals surface area contributed by atoms with E-state index in [0.29, 0.717) is 17.1 Å². The summed E-state index contributed by atoms with van der Waals surface area (Å²) in [6, 6.07) is 11.4. The topological polar surface area (TPSA) is 24.9 Å². The van der Waals surface area contributed by atoms with E-state index in [4.69, 9.17) is 11.6 Å². The van der Waals surface area contributed by atoms with Crippen molar-refractivity contribution in [2.75, 3.05) is 5.32 Å². The molecule has 3 heteroatoms. The second kappa shape index (κ2) is 5.45. The molecular formula is C17H19ClN2. The van der Waals surface area contributed by atoms with Gasteiger partial charge in [0, 0.05) is 12.2 Å². The number of pyridine rings is 1.